The number of ether oxygens (including phenoxy) is 5. The lowest BCUT2D eigenvalue weighted by atomic mass is 10.1. The summed E-state index contributed by atoms with van der Waals surface area (Å²) in [4.78, 5) is 27.8. The zero-order chi connectivity index (χ0) is 20.7. The van der Waals surface area contributed by atoms with Crippen LogP contribution in [0.1, 0.15) is 10.4 Å². The van der Waals surface area contributed by atoms with Crippen LogP contribution in [0, 0.1) is 0 Å². The number of methoxy groups -OCH3 is 4. The molecule has 0 aliphatic heterocycles. The van der Waals surface area contributed by atoms with Gasteiger partial charge < -0.3 is 29.2 Å². The molecule has 2 aromatic carbocycles. The fourth-order valence-corrected chi connectivity index (χ4v) is 2.35. The average molecular weight is 386 g/mol. The molecule has 0 aromatic heterocycles. The third kappa shape index (κ3) is 4.28. The van der Waals surface area contributed by atoms with Gasteiger partial charge in [0, 0.05) is 11.6 Å². The smallest absolute Gasteiger partial charge is 0.446 e. The predicted octanol–water partition coefficient (Wildman–Crippen LogP) is 2.18. The van der Waals surface area contributed by atoms with E-state index in [1.807, 2.05) is 0 Å². The number of rotatable bonds is 8. The van der Waals surface area contributed by atoms with Crippen molar-refractivity contribution in [2.24, 2.45) is 0 Å². The van der Waals surface area contributed by atoms with Gasteiger partial charge in [-0.25, -0.2) is 4.79 Å². The van der Waals surface area contributed by atoms with Gasteiger partial charge in [0.1, 0.15) is 11.5 Å². The lowest BCUT2D eigenvalue weighted by Gasteiger charge is -2.13. The Morgan fingerprint density at radius 1 is 0.857 bits per heavy atom. The Morgan fingerprint density at radius 3 is 1.96 bits per heavy atom. The van der Waals surface area contributed by atoms with Gasteiger partial charge in [0.25, 0.3) is 5.78 Å². The first kappa shape index (κ1) is 20.5. The molecule has 0 bridgehead atoms. The van der Waals surface area contributed by atoms with Gasteiger partial charge in [-0.2, -0.15) is 4.79 Å². The van der Waals surface area contributed by atoms with Crippen molar-refractivity contribution in [1.82, 2.24) is 0 Å². The largest absolute Gasteiger partial charge is 0.497 e. The van der Waals surface area contributed by atoms with Crippen LogP contribution in [0.25, 0.3) is 5.53 Å². The zero-order valence-electron chi connectivity index (χ0n) is 15.7. The van der Waals surface area contributed by atoms with Crippen LogP contribution < -0.4 is 23.7 Å². The van der Waals surface area contributed by atoms with Crippen LogP contribution in [0.4, 0.5) is 0 Å². The first-order valence-electron chi connectivity index (χ1n) is 7.92. The number of nitrogens with zero attached hydrogens (tertiary/aromatic N) is 2. The Kier molecular flexibility index (Phi) is 6.73. The van der Waals surface area contributed by atoms with Gasteiger partial charge in [-0.15, -0.1) is 0 Å². The maximum atomic E-state index is 12.7. The molecule has 0 saturated carbocycles. The van der Waals surface area contributed by atoms with E-state index in [4.69, 9.17) is 23.7 Å². The Bertz CT molecular complexity index is 924. The second-order valence-electron chi connectivity index (χ2n) is 5.26. The minimum Gasteiger partial charge on any atom is -0.497 e. The number of esters is 1. The predicted molar refractivity (Wildman–Crippen MR) is 97.7 cm³/mol. The second kappa shape index (κ2) is 9.20. The van der Waals surface area contributed by atoms with Gasteiger partial charge in [0.2, 0.25) is 5.75 Å². The molecule has 2 aromatic rings. The fraction of sp³-hybridized carbons (Fsp3) is 0.211. The molecule has 0 aliphatic carbocycles. The van der Waals surface area contributed by atoms with Crippen molar-refractivity contribution in [3.05, 3.63) is 47.5 Å². The van der Waals surface area contributed by atoms with Crippen molar-refractivity contribution >= 4 is 17.5 Å². The highest BCUT2D eigenvalue weighted by Crippen LogP contribution is 2.38. The summed E-state index contributed by atoms with van der Waals surface area (Å²) in [6.07, 6.45) is 0. The highest BCUT2D eigenvalue weighted by atomic mass is 16.5. The standard InChI is InChI=1S/C19H18N2O7/c1-24-12-6-5-7-13(10-12)28-19(23)16(21-20)17(22)11-8-14(25-2)18(27-4)15(9-11)26-3/h5-10H,1-4H3. The van der Waals surface area contributed by atoms with E-state index in [-0.39, 0.29) is 28.6 Å². The molecule has 2 rings (SSSR count). The van der Waals surface area contributed by atoms with E-state index >= 15 is 0 Å². The molecule has 0 unspecified atom stereocenters. The van der Waals surface area contributed by atoms with E-state index < -0.39 is 17.5 Å². The molecular weight excluding hydrogens is 368 g/mol. The zero-order valence-corrected chi connectivity index (χ0v) is 15.7. The molecule has 9 heteroatoms. The molecule has 0 heterocycles. The Labute approximate surface area is 161 Å². The summed E-state index contributed by atoms with van der Waals surface area (Å²) in [5.41, 5.74) is 8.37. The number of benzene rings is 2. The molecule has 0 amide bonds. The van der Waals surface area contributed by atoms with Gasteiger partial charge in [-0.3, -0.25) is 4.79 Å². The van der Waals surface area contributed by atoms with E-state index in [0.29, 0.717) is 5.75 Å². The topological polar surface area (TPSA) is 117 Å². The van der Waals surface area contributed by atoms with Crippen LogP contribution in [0.15, 0.2) is 36.4 Å². The lowest BCUT2D eigenvalue weighted by Crippen LogP contribution is -2.29. The molecule has 0 N–H and O–H groups in total. The summed E-state index contributed by atoms with van der Waals surface area (Å²) in [5, 5.41) is 0. The van der Waals surface area contributed by atoms with Gasteiger partial charge >= 0.3 is 11.7 Å². The minimum absolute atomic E-state index is 0.0232. The van der Waals surface area contributed by atoms with Crippen molar-refractivity contribution in [2.45, 2.75) is 0 Å². The highest BCUT2D eigenvalue weighted by Gasteiger charge is 2.34. The van der Waals surface area contributed by atoms with E-state index in [2.05, 4.69) is 4.79 Å². The Hall–Kier alpha value is -3.84. The first-order chi connectivity index (χ1) is 13.5. The van der Waals surface area contributed by atoms with Crippen molar-refractivity contribution < 1.29 is 38.1 Å². The SMILES string of the molecule is COc1cccc(OC(=O)C(=[N+]=[N-])C(=O)c2cc(OC)c(OC)c(OC)c2)c1. The van der Waals surface area contributed by atoms with Crippen molar-refractivity contribution in [2.75, 3.05) is 28.4 Å². The number of carbonyl (C=O) groups is 2. The summed E-state index contributed by atoms with van der Waals surface area (Å²) in [6, 6.07) is 8.83. The third-order valence-electron chi connectivity index (χ3n) is 3.69. The first-order valence-corrected chi connectivity index (χ1v) is 7.92. The molecule has 0 spiro atoms. The van der Waals surface area contributed by atoms with Crippen LogP contribution in [-0.2, 0) is 4.79 Å². The number of ketones is 1. The number of hydrogen-bond donors (Lipinski definition) is 0. The molecular formula is C19H18N2O7. The number of carbonyl (C=O) groups excluding carboxylic acids is 2. The van der Waals surface area contributed by atoms with Crippen LogP contribution in [0.3, 0.4) is 0 Å². The molecule has 0 radical (unpaired) electrons. The molecule has 9 nitrogen and oxygen atoms in total. The monoisotopic (exact) mass is 386 g/mol. The second-order valence-corrected chi connectivity index (χ2v) is 5.26. The van der Waals surface area contributed by atoms with Crippen molar-refractivity contribution in [3.63, 3.8) is 0 Å². The molecule has 0 aliphatic rings. The maximum absolute atomic E-state index is 12.7. The van der Waals surface area contributed by atoms with E-state index in [1.165, 1.54) is 52.7 Å². The highest BCUT2D eigenvalue weighted by molar-refractivity contribution is 6.65. The summed E-state index contributed by atoms with van der Waals surface area (Å²) >= 11 is 0. The molecule has 28 heavy (non-hydrogen) atoms. The summed E-state index contributed by atoms with van der Waals surface area (Å²) in [7, 11) is 5.62. The fourth-order valence-electron chi connectivity index (χ4n) is 2.35. The summed E-state index contributed by atoms with van der Waals surface area (Å²) in [6.45, 7) is 0. The van der Waals surface area contributed by atoms with E-state index in [9.17, 15) is 15.1 Å². The summed E-state index contributed by atoms with van der Waals surface area (Å²) in [5.74, 6) is -0.814. The van der Waals surface area contributed by atoms with Gasteiger partial charge in [0.15, 0.2) is 11.5 Å². The van der Waals surface area contributed by atoms with Gasteiger partial charge in [-0.1, -0.05) is 6.07 Å². The van der Waals surface area contributed by atoms with Crippen LogP contribution in [0.2, 0.25) is 0 Å². The average Bonchev–Trinajstić information content (AvgIpc) is 2.72. The van der Waals surface area contributed by atoms with Gasteiger partial charge in [-0.05, 0) is 24.3 Å². The molecule has 0 saturated heterocycles. The van der Waals surface area contributed by atoms with E-state index in [1.54, 1.807) is 12.1 Å². The minimum atomic E-state index is -1.14. The molecule has 146 valence electrons. The molecule has 0 fully saturated rings. The lowest BCUT2D eigenvalue weighted by molar-refractivity contribution is -0.131. The van der Waals surface area contributed by atoms with Crippen molar-refractivity contribution in [1.29, 1.82) is 0 Å². The number of hydrogen-bond acceptors (Lipinski definition) is 7. The normalized spacial score (nSPS) is 9.71. The Balaban J connectivity index is 2.35. The van der Waals surface area contributed by atoms with E-state index in [0.717, 1.165) is 0 Å². The number of Topliss-reactive ketones (excluding diaryl/α,β-unsaturated/α-hetero) is 1. The van der Waals surface area contributed by atoms with Crippen LogP contribution in [0.5, 0.6) is 28.7 Å². The molecule has 0 atom stereocenters. The Morgan fingerprint density at radius 2 is 1.46 bits per heavy atom. The maximum Gasteiger partial charge on any atom is 0.446 e. The van der Waals surface area contributed by atoms with Crippen LogP contribution in [-0.4, -0.2) is 50.7 Å². The van der Waals surface area contributed by atoms with Gasteiger partial charge in [0.05, 0.1) is 28.4 Å². The quantitative estimate of drug-likeness (QED) is 0.130. The third-order valence-corrected chi connectivity index (χ3v) is 3.69. The summed E-state index contributed by atoms with van der Waals surface area (Å²) < 4.78 is 25.7. The van der Waals surface area contributed by atoms with Crippen LogP contribution >= 0.6 is 0 Å². The van der Waals surface area contributed by atoms with Crippen molar-refractivity contribution in [3.8, 4) is 28.7 Å².